The van der Waals surface area contributed by atoms with Gasteiger partial charge < -0.3 is 21.3 Å². The number of nitrogens with zero attached hydrogens (tertiary/aromatic N) is 1. The minimum absolute atomic E-state index is 0.706. The molecule has 0 saturated heterocycles. The molecule has 0 unspecified atom stereocenters. The van der Waals surface area contributed by atoms with Gasteiger partial charge in [0.25, 0.3) is 0 Å². The summed E-state index contributed by atoms with van der Waals surface area (Å²) in [5, 5.41) is 7.19. The predicted octanol–water partition coefficient (Wildman–Crippen LogP) is 7.96. The maximum absolute atomic E-state index is 6.73. The van der Waals surface area contributed by atoms with E-state index < -0.39 is 0 Å². The molecule has 5 aromatic rings. The molecule has 0 bridgehead atoms. The number of benzene rings is 5. The molecule has 4 N–H and O–H groups in total. The highest BCUT2D eigenvalue weighted by molar-refractivity contribution is 5.87. The van der Waals surface area contributed by atoms with Crippen molar-refractivity contribution < 1.29 is 0 Å². The third kappa shape index (κ3) is 5.68. The Bertz CT molecular complexity index is 1370. The number of rotatable bonds is 9. The number of para-hydroxylation sites is 2. The van der Waals surface area contributed by atoms with Gasteiger partial charge in [-0.15, -0.1) is 0 Å². The second-order valence-electron chi connectivity index (χ2n) is 8.69. The molecule has 0 saturated carbocycles. The Morgan fingerprint density at radius 1 is 0.583 bits per heavy atom. The molecule has 0 spiro atoms. The maximum atomic E-state index is 6.73. The minimum Gasteiger partial charge on any atom is -0.397 e. The first-order chi connectivity index (χ1) is 17.8. The van der Waals surface area contributed by atoms with E-state index in [2.05, 4.69) is 107 Å². The van der Waals surface area contributed by atoms with Crippen LogP contribution in [0, 0.1) is 0 Å². The molecular formula is C32H30N4. The lowest BCUT2D eigenvalue weighted by atomic mass is 10.1. The van der Waals surface area contributed by atoms with E-state index in [1.165, 1.54) is 11.1 Å². The Balaban J connectivity index is 1.55. The van der Waals surface area contributed by atoms with E-state index in [0.717, 1.165) is 28.4 Å². The topological polar surface area (TPSA) is 53.3 Å². The van der Waals surface area contributed by atoms with E-state index in [1.807, 2.05) is 42.5 Å². The second kappa shape index (κ2) is 11.2. The summed E-state index contributed by atoms with van der Waals surface area (Å²) in [6, 6.07) is 45.6. The zero-order valence-corrected chi connectivity index (χ0v) is 20.1. The first-order valence-corrected chi connectivity index (χ1v) is 12.2. The van der Waals surface area contributed by atoms with Gasteiger partial charge in [0.1, 0.15) is 0 Å². The largest absolute Gasteiger partial charge is 0.397 e. The molecule has 0 atom stereocenters. The van der Waals surface area contributed by atoms with Crippen molar-refractivity contribution in [2.45, 2.75) is 13.1 Å². The number of hydrogen-bond acceptors (Lipinski definition) is 4. The fourth-order valence-corrected chi connectivity index (χ4v) is 4.25. The van der Waals surface area contributed by atoms with Crippen LogP contribution >= 0.6 is 0 Å². The normalized spacial score (nSPS) is 10.6. The summed E-state index contributed by atoms with van der Waals surface area (Å²) < 4.78 is 0. The van der Waals surface area contributed by atoms with Crippen molar-refractivity contribution in [3.63, 3.8) is 0 Å². The van der Waals surface area contributed by atoms with E-state index in [-0.39, 0.29) is 0 Å². The molecule has 0 fully saturated rings. The van der Waals surface area contributed by atoms with Gasteiger partial charge >= 0.3 is 0 Å². The van der Waals surface area contributed by atoms with Crippen molar-refractivity contribution in [2.75, 3.05) is 21.3 Å². The van der Waals surface area contributed by atoms with Crippen LogP contribution in [0.4, 0.5) is 34.1 Å². The first kappa shape index (κ1) is 23.1. The van der Waals surface area contributed by atoms with Crippen LogP contribution in [0.5, 0.6) is 0 Å². The monoisotopic (exact) mass is 470 g/mol. The highest BCUT2D eigenvalue weighted by atomic mass is 15.1. The summed E-state index contributed by atoms with van der Waals surface area (Å²) in [7, 11) is 0. The van der Waals surface area contributed by atoms with Crippen molar-refractivity contribution in [2.24, 2.45) is 0 Å². The molecule has 0 heterocycles. The lowest BCUT2D eigenvalue weighted by Gasteiger charge is -2.28. The average molecular weight is 471 g/mol. The van der Waals surface area contributed by atoms with Crippen LogP contribution in [0.2, 0.25) is 0 Å². The molecule has 4 heteroatoms. The van der Waals surface area contributed by atoms with Crippen molar-refractivity contribution in [3.8, 4) is 0 Å². The van der Waals surface area contributed by atoms with Crippen LogP contribution in [0.25, 0.3) is 0 Å². The summed E-state index contributed by atoms with van der Waals surface area (Å²) >= 11 is 0. The molecule has 4 nitrogen and oxygen atoms in total. The van der Waals surface area contributed by atoms with Crippen molar-refractivity contribution in [1.29, 1.82) is 0 Å². The van der Waals surface area contributed by atoms with Crippen molar-refractivity contribution >= 4 is 34.1 Å². The minimum atomic E-state index is 0.706. The number of nitrogen functional groups attached to an aromatic ring is 1. The number of nitrogens with one attached hydrogen (secondary N) is 2. The third-order valence-electron chi connectivity index (χ3n) is 6.09. The first-order valence-electron chi connectivity index (χ1n) is 12.2. The lowest BCUT2D eigenvalue weighted by Crippen LogP contribution is -2.18. The zero-order chi connectivity index (χ0) is 24.6. The maximum Gasteiger partial charge on any atom is 0.0669 e. The summed E-state index contributed by atoms with van der Waals surface area (Å²) in [5.74, 6) is 0. The van der Waals surface area contributed by atoms with Gasteiger partial charge in [-0.3, -0.25) is 0 Å². The molecule has 5 aromatic carbocycles. The van der Waals surface area contributed by atoms with Gasteiger partial charge in [0.2, 0.25) is 0 Å². The SMILES string of the molecule is Nc1cc(Nc2ccccc2)c(NCc2ccccc2)cc1N(Cc1ccccc1)c1ccccc1. The van der Waals surface area contributed by atoms with Gasteiger partial charge in [-0.1, -0.05) is 97.1 Å². The molecule has 0 amide bonds. The van der Waals surface area contributed by atoms with Gasteiger partial charge in [0, 0.05) is 24.5 Å². The van der Waals surface area contributed by atoms with Gasteiger partial charge in [0.05, 0.1) is 22.7 Å². The molecule has 178 valence electrons. The molecule has 0 aromatic heterocycles. The van der Waals surface area contributed by atoms with Crippen LogP contribution in [-0.4, -0.2) is 0 Å². The summed E-state index contributed by atoms with van der Waals surface area (Å²) in [5.41, 5.74) is 14.8. The summed E-state index contributed by atoms with van der Waals surface area (Å²) in [6.07, 6.45) is 0. The van der Waals surface area contributed by atoms with Crippen molar-refractivity contribution in [1.82, 2.24) is 0 Å². The molecule has 5 rings (SSSR count). The van der Waals surface area contributed by atoms with E-state index in [9.17, 15) is 0 Å². The third-order valence-corrected chi connectivity index (χ3v) is 6.09. The smallest absolute Gasteiger partial charge is 0.0669 e. The van der Waals surface area contributed by atoms with Gasteiger partial charge in [-0.05, 0) is 47.5 Å². The van der Waals surface area contributed by atoms with E-state index in [4.69, 9.17) is 5.73 Å². The lowest BCUT2D eigenvalue weighted by molar-refractivity contribution is 0.976. The molecule has 0 aliphatic rings. The summed E-state index contributed by atoms with van der Waals surface area (Å²) in [6.45, 7) is 1.41. The zero-order valence-electron chi connectivity index (χ0n) is 20.1. The Kier molecular flexibility index (Phi) is 7.14. The Labute approximate surface area is 213 Å². The fourth-order valence-electron chi connectivity index (χ4n) is 4.25. The van der Waals surface area contributed by atoms with Crippen LogP contribution in [-0.2, 0) is 13.1 Å². The van der Waals surface area contributed by atoms with Crippen LogP contribution in [0.1, 0.15) is 11.1 Å². The number of hydrogen-bond donors (Lipinski definition) is 3. The average Bonchev–Trinajstić information content (AvgIpc) is 2.94. The Morgan fingerprint density at radius 2 is 1.14 bits per heavy atom. The van der Waals surface area contributed by atoms with E-state index in [0.29, 0.717) is 18.8 Å². The summed E-state index contributed by atoms with van der Waals surface area (Å²) in [4.78, 5) is 2.27. The van der Waals surface area contributed by atoms with Crippen LogP contribution < -0.4 is 21.3 Å². The number of anilines is 6. The Hall–Kier alpha value is -4.70. The van der Waals surface area contributed by atoms with Crippen LogP contribution in [0.3, 0.4) is 0 Å². The molecule has 0 radical (unpaired) electrons. The van der Waals surface area contributed by atoms with Crippen molar-refractivity contribution in [3.05, 3.63) is 145 Å². The molecule has 0 aliphatic carbocycles. The molecular weight excluding hydrogens is 440 g/mol. The number of nitrogens with two attached hydrogens (primary N) is 1. The van der Waals surface area contributed by atoms with E-state index >= 15 is 0 Å². The standard InChI is InChI=1S/C32H30N4/c33-29-21-31(35-27-17-9-3-10-18-27)30(34-23-25-13-5-1-6-14-25)22-32(29)36(28-19-11-4-12-20-28)24-26-15-7-2-8-16-26/h1-22,34-35H,23-24,33H2. The van der Waals surface area contributed by atoms with Gasteiger partial charge in [0.15, 0.2) is 0 Å². The quantitative estimate of drug-likeness (QED) is 0.191. The fraction of sp³-hybridized carbons (Fsp3) is 0.0625. The second-order valence-corrected chi connectivity index (χ2v) is 8.69. The van der Waals surface area contributed by atoms with Crippen LogP contribution in [0.15, 0.2) is 133 Å². The van der Waals surface area contributed by atoms with Gasteiger partial charge in [-0.25, -0.2) is 0 Å². The van der Waals surface area contributed by atoms with E-state index in [1.54, 1.807) is 0 Å². The highest BCUT2D eigenvalue weighted by Crippen LogP contribution is 2.39. The predicted molar refractivity (Wildman–Crippen MR) is 153 cm³/mol. The molecule has 36 heavy (non-hydrogen) atoms. The molecule has 0 aliphatic heterocycles. The van der Waals surface area contributed by atoms with Gasteiger partial charge in [-0.2, -0.15) is 0 Å². The highest BCUT2D eigenvalue weighted by Gasteiger charge is 2.17. The Morgan fingerprint density at radius 3 is 1.78 bits per heavy atom.